The van der Waals surface area contributed by atoms with E-state index in [4.69, 9.17) is 15.7 Å². The molecule has 0 aliphatic rings. The number of nitrogens with zero attached hydrogens (tertiary/aromatic N) is 2. The molecule has 0 aliphatic heterocycles. The van der Waals surface area contributed by atoms with Crippen LogP contribution in [0.25, 0.3) is 0 Å². The molecule has 0 unspecified atom stereocenters. The van der Waals surface area contributed by atoms with Gasteiger partial charge in [0, 0.05) is 0 Å². The van der Waals surface area contributed by atoms with Gasteiger partial charge < -0.3 is 19.9 Å². The monoisotopic (exact) mass is 324 g/mol. The first-order chi connectivity index (χ1) is 11.0. The number of nitriles is 1. The van der Waals surface area contributed by atoms with E-state index in [9.17, 15) is 9.59 Å². The number of nitrogens with one attached hydrogen (secondary N) is 1. The summed E-state index contributed by atoms with van der Waals surface area (Å²) in [5.74, 6) is -0.851. The Labute approximate surface area is 134 Å². The number of carbonyl (C=O) groups excluding carboxylic acids is 2. The van der Waals surface area contributed by atoms with E-state index in [0.29, 0.717) is 13.2 Å². The lowest BCUT2D eigenvalue weighted by atomic mass is 10.3. The summed E-state index contributed by atoms with van der Waals surface area (Å²) in [7, 11) is 0. The Bertz CT molecular complexity index is 574. The van der Waals surface area contributed by atoms with Gasteiger partial charge >= 0.3 is 11.9 Å². The molecule has 0 saturated carbocycles. The van der Waals surface area contributed by atoms with Crippen molar-refractivity contribution >= 4 is 17.8 Å². The Morgan fingerprint density at radius 2 is 1.96 bits per heavy atom. The standard InChI is InChI=1S/C8H11NO3.C6H9N3O2/c1-3-11-6-7(5-9)8(10)12-4-2;1-2-11-6(10)4-3-8-9-5(4)7/h6H,3-4H2,1-2H3;3H,2H2,1H3,(H3,7,8,9). The molecular formula is C14H20N4O5. The second-order valence-electron chi connectivity index (χ2n) is 3.74. The number of anilines is 1. The van der Waals surface area contributed by atoms with E-state index in [0.717, 1.165) is 6.26 Å². The van der Waals surface area contributed by atoms with Crippen LogP contribution in [-0.2, 0) is 19.0 Å². The first kappa shape index (κ1) is 20.0. The summed E-state index contributed by atoms with van der Waals surface area (Å²) in [4.78, 5) is 21.9. The fourth-order valence-electron chi connectivity index (χ4n) is 1.16. The van der Waals surface area contributed by atoms with Gasteiger partial charge in [-0.05, 0) is 20.8 Å². The third-order valence-electron chi connectivity index (χ3n) is 2.15. The number of hydrogen-bond donors (Lipinski definition) is 2. The number of H-pyrrole nitrogens is 1. The van der Waals surface area contributed by atoms with Gasteiger partial charge in [0.2, 0.25) is 0 Å². The molecule has 1 aromatic rings. The van der Waals surface area contributed by atoms with E-state index >= 15 is 0 Å². The van der Waals surface area contributed by atoms with Crippen LogP contribution in [0.3, 0.4) is 0 Å². The van der Waals surface area contributed by atoms with Gasteiger partial charge in [-0.25, -0.2) is 9.59 Å². The summed E-state index contributed by atoms with van der Waals surface area (Å²) in [6.07, 6.45) is 2.45. The van der Waals surface area contributed by atoms with Gasteiger partial charge in [-0.2, -0.15) is 10.4 Å². The Kier molecular flexibility index (Phi) is 10.1. The van der Waals surface area contributed by atoms with Crippen LogP contribution in [0.2, 0.25) is 0 Å². The molecule has 126 valence electrons. The first-order valence-corrected chi connectivity index (χ1v) is 6.86. The predicted molar refractivity (Wildman–Crippen MR) is 80.9 cm³/mol. The van der Waals surface area contributed by atoms with Crippen LogP contribution in [0.1, 0.15) is 31.1 Å². The molecular weight excluding hydrogens is 304 g/mol. The fraction of sp³-hybridized carbons (Fsp3) is 0.429. The highest BCUT2D eigenvalue weighted by Crippen LogP contribution is 2.06. The molecule has 1 rings (SSSR count). The molecule has 0 radical (unpaired) electrons. The second-order valence-corrected chi connectivity index (χ2v) is 3.74. The summed E-state index contributed by atoms with van der Waals surface area (Å²) in [5.41, 5.74) is 5.52. The minimum atomic E-state index is -0.645. The first-order valence-electron chi connectivity index (χ1n) is 6.86. The van der Waals surface area contributed by atoms with Crippen molar-refractivity contribution < 1.29 is 23.8 Å². The van der Waals surface area contributed by atoms with Crippen LogP contribution in [0.5, 0.6) is 0 Å². The van der Waals surface area contributed by atoms with Gasteiger partial charge in [-0.3, -0.25) is 5.10 Å². The lowest BCUT2D eigenvalue weighted by molar-refractivity contribution is -0.138. The molecule has 23 heavy (non-hydrogen) atoms. The Balaban J connectivity index is 0.000000422. The van der Waals surface area contributed by atoms with Crippen molar-refractivity contribution in [2.75, 3.05) is 25.6 Å². The average Bonchev–Trinajstić information content (AvgIpc) is 2.95. The van der Waals surface area contributed by atoms with E-state index in [1.807, 2.05) is 0 Å². The molecule has 0 aromatic carbocycles. The number of hydrogen-bond acceptors (Lipinski definition) is 8. The van der Waals surface area contributed by atoms with E-state index < -0.39 is 11.9 Å². The quantitative estimate of drug-likeness (QED) is 0.344. The number of aromatic amines is 1. The summed E-state index contributed by atoms with van der Waals surface area (Å²) < 4.78 is 14.0. The molecule has 0 bridgehead atoms. The predicted octanol–water partition coefficient (Wildman–Crippen LogP) is 1.16. The molecule has 0 saturated heterocycles. The Morgan fingerprint density at radius 3 is 2.39 bits per heavy atom. The van der Waals surface area contributed by atoms with Crippen LogP contribution < -0.4 is 5.73 Å². The zero-order valence-corrected chi connectivity index (χ0v) is 13.3. The average molecular weight is 324 g/mol. The van der Waals surface area contributed by atoms with Gasteiger partial charge in [0.15, 0.2) is 5.57 Å². The van der Waals surface area contributed by atoms with Crippen LogP contribution in [0, 0.1) is 11.3 Å². The smallest absolute Gasteiger partial charge is 0.352 e. The van der Waals surface area contributed by atoms with Crippen LogP contribution >= 0.6 is 0 Å². The fourth-order valence-corrected chi connectivity index (χ4v) is 1.16. The highest BCUT2D eigenvalue weighted by atomic mass is 16.5. The second kappa shape index (κ2) is 11.6. The van der Waals surface area contributed by atoms with Crippen LogP contribution in [0.4, 0.5) is 5.82 Å². The number of nitrogen functional groups attached to an aromatic ring is 1. The van der Waals surface area contributed by atoms with E-state index in [1.54, 1.807) is 26.8 Å². The molecule has 3 N–H and O–H groups in total. The number of esters is 2. The Hall–Kier alpha value is -3.02. The molecule has 0 amide bonds. The molecule has 1 aromatic heterocycles. The van der Waals surface area contributed by atoms with Crippen molar-refractivity contribution in [3.05, 3.63) is 23.6 Å². The maximum atomic E-state index is 11.0. The minimum Gasteiger partial charge on any atom is -0.500 e. The number of ether oxygens (including phenoxy) is 3. The van der Waals surface area contributed by atoms with Crippen LogP contribution in [-0.4, -0.2) is 42.0 Å². The normalized spacial score (nSPS) is 9.91. The number of nitrogens with two attached hydrogens (primary N) is 1. The van der Waals surface area contributed by atoms with Gasteiger partial charge in [-0.1, -0.05) is 0 Å². The molecule has 9 heteroatoms. The van der Waals surface area contributed by atoms with Crippen molar-refractivity contribution in [3.63, 3.8) is 0 Å². The zero-order chi connectivity index (χ0) is 17.7. The van der Waals surface area contributed by atoms with Gasteiger partial charge in [0.05, 0.1) is 26.0 Å². The topological polar surface area (TPSA) is 140 Å². The molecule has 0 fully saturated rings. The molecule has 9 nitrogen and oxygen atoms in total. The maximum absolute atomic E-state index is 11.0. The number of carbonyl (C=O) groups is 2. The summed E-state index contributed by atoms with van der Waals surface area (Å²) in [6.45, 7) is 6.18. The van der Waals surface area contributed by atoms with E-state index in [2.05, 4.69) is 19.7 Å². The maximum Gasteiger partial charge on any atom is 0.352 e. The van der Waals surface area contributed by atoms with E-state index in [1.165, 1.54) is 6.20 Å². The third kappa shape index (κ3) is 7.52. The van der Waals surface area contributed by atoms with Gasteiger partial charge in [-0.15, -0.1) is 0 Å². The SMILES string of the molecule is CCOC(=O)c1cn[nH]c1N.CCOC=C(C#N)C(=O)OCC. The summed E-state index contributed by atoms with van der Waals surface area (Å²) in [6, 6.07) is 1.68. The van der Waals surface area contributed by atoms with Crippen molar-refractivity contribution in [2.24, 2.45) is 0 Å². The van der Waals surface area contributed by atoms with Crippen LogP contribution in [0.15, 0.2) is 18.0 Å². The highest BCUT2D eigenvalue weighted by molar-refractivity contribution is 5.93. The molecule has 1 heterocycles. The lowest BCUT2D eigenvalue weighted by Crippen LogP contribution is -2.06. The lowest BCUT2D eigenvalue weighted by Gasteiger charge is -1.99. The highest BCUT2D eigenvalue weighted by Gasteiger charge is 2.11. The number of rotatable bonds is 6. The van der Waals surface area contributed by atoms with Gasteiger partial charge in [0.25, 0.3) is 0 Å². The summed E-state index contributed by atoms with van der Waals surface area (Å²) >= 11 is 0. The van der Waals surface area contributed by atoms with Crippen molar-refractivity contribution in [1.82, 2.24) is 10.2 Å². The van der Waals surface area contributed by atoms with E-state index in [-0.39, 0.29) is 23.6 Å². The largest absolute Gasteiger partial charge is 0.500 e. The summed E-state index contributed by atoms with van der Waals surface area (Å²) in [5, 5.41) is 14.5. The molecule has 0 atom stereocenters. The molecule has 0 aliphatic carbocycles. The molecule has 0 spiro atoms. The minimum absolute atomic E-state index is 0.112. The number of aromatic nitrogens is 2. The van der Waals surface area contributed by atoms with Crippen molar-refractivity contribution in [2.45, 2.75) is 20.8 Å². The van der Waals surface area contributed by atoms with Crippen molar-refractivity contribution in [1.29, 1.82) is 5.26 Å². The van der Waals surface area contributed by atoms with Crippen molar-refractivity contribution in [3.8, 4) is 6.07 Å². The third-order valence-corrected chi connectivity index (χ3v) is 2.15. The van der Waals surface area contributed by atoms with Gasteiger partial charge in [0.1, 0.15) is 23.7 Å². The zero-order valence-electron chi connectivity index (χ0n) is 13.3. The Morgan fingerprint density at radius 1 is 1.30 bits per heavy atom.